The fourth-order valence-corrected chi connectivity index (χ4v) is 2.14. The van der Waals surface area contributed by atoms with E-state index in [9.17, 15) is 9.59 Å². The molecule has 5 nitrogen and oxygen atoms in total. The Hall–Kier alpha value is -1.10. The van der Waals surface area contributed by atoms with E-state index in [0.29, 0.717) is 24.8 Å². The molecule has 0 heterocycles. The first-order valence-electron chi connectivity index (χ1n) is 6.97. The maximum absolute atomic E-state index is 11.8. The van der Waals surface area contributed by atoms with Crippen LogP contribution in [0.25, 0.3) is 0 Å². The van der Waals surface area contributed by atoms with Crippen LogP contribution in [0.1, 0.15) is 47.0 Å². The molecule has 0 aliphatic carbocycles. The van der Waals surface area contributed by atoms with Crippen LogP contribution in [0.15, 0.2) is 0 Å². The fraction of sp³-hybridized carbons (Fsp3) is 0.857. The summed E-state index contributed by atoms with van der Waals surface area (Å²) >= 11 is 0. The van der Waals surface area contributed by atoms with Crippen molar-refractivity contribution in [2.75, 3.05) is 6.54 Å². The molecule has 0 rings (SSSR count). The molecule has 0 aromatic carbocycles. The van der Waals surface area contributed by atoms with E-state index in [2.05, 4.69) is 5.32 Å². The average molecular weight is 272 g/mol. The van der Waals surface area contributed by atoms with Crippen LogP contribution in [0.5, 0.6) is 0 Å². The smallest absolute Gasteiger partial charge is 0.303 e. The van der Waals surface area contributed by atoms with Crippen molar-refractivity contribution in [2.45, 2.75) is 53.0 Å². The SMILES string of the molecule is CC(C)CC(CNC(=O)[C@@H](N)CC(C)C)CC(=O)O. The van der Waals surface area contributed by atoms with Gasteiger partial charge in [0.1, 0.15) is 0 Å². The van der Waals surface area contributed by atoms with Gasteiger partial charge in [0.05, 0.1) is 6.04 Å². The van der Waals surface area contributed by atoms with Gasteiger partial charge in [0.2, 0.25) is 5.91 Å². The number of carbonyl (C=O) groups excluding carboxylic acids is 1. The second-order valence-electron chi connectivity index (χ2n) is 6.07. The first-order valence-corrected chi connectivity index (χ1v) is 6.97. The molecular formula is C14H28N2O3. The third-order valence-corrected chi connectivity index (χ3v) is 2.90. The lowest BCUT2D eigenvalue weighted by molar-refractivity contribution is -0.138. The molecule has 0 bridgehead atoms. The van der Waals surface area contributed by atoms with Crippen molar-refractivity contribution < 1.29 is 14.7 Å². The number of nitrogens with one attached hydrogen (secondary N) is 1. The molecule has 4 N–H and O–H groups in total. The number of carboxylic acid groups (broad SMARTS) is 1. The molecule has 0 spiro atoms. The van der Waals surface area contributed by atoms with E-state index in [1.807, 2.05) is 27.7 Å². The number of aliphatic carboxylic acids is 1. The minimum atomic E-state index is -0.827. The van der Waals surface area contributed by atoms with Crippen molar-refractivity contribution in [1.82, 2.24) is 5.32 Å². The number of carboxylic acids is 1. The highest BCUT2D eigenvalue weighted by atomic mass is 16.4. The highest BCUT2D eigenvalue weighted by Crippen LogP contribution is 2.15. The van der Waals surface area contributed by atoms with Crippen molar-refractivity contribution in [3.63, 3.8) is 0 Å². The largest absolute Gasteiger partial charge is 0.481 e. The van der Waals surface area contributed by atoms with Gasteiger partial charge in [-0.2, -0.15) is 0 Å². The maximum Gasteiger partial charge on any atom is 0.303 e. The summed E-state index contributed by atoms with van der Waals surface area (Å²) in [5.74, 6) is -0.274. The number of carbonyl (C=O) groups is 2. The van der Waals surface area contributed by atoms with Gasteiger partial charge in [0.15, 0.2) is 0 Å². The van der Waals surface area contributed by atoms with Crippen molar-refractivity contribution in [1.29, 1.82) is 0 Å². The van der Waals surface area contributed by atoms with Crippen LogP contribution in [0.3, 0.4) is 0 Å². The molecular weight excluding hydrogens is 244 g/mol. The molecule has 0 aromatic rings. The summed E-state index contributed by atoms with van der Waals surface area (Å²) < 4.78 is 0. The van der Waals surface area contributed by atoms with Crippen LogP contribution in [-0.2, 0) is 9.59 Å². The van der Waals surface area contributed by atoms with Gasteiger partial charge in [-0.25, -0.2) is 0 Å². The Morgan fingerprint density at radius 3 is 2.05 bits per heavy atom. The van der Waals surface area contributed by atoms with E-state index < -0.39 is 12.0 Å². The monoisotopic (exact) mass is 272 g/mol. The minimum Gasteiger partial charge on any atom is -0.481 e. The molecule has 0 fully saturated rings. The van der Waals surface area contributed by atoms with Crippen LogP contribution in [0, 0.1) is 17.8 Å². The van der Waals surface area contributed by atoms with Crippen molar-refractivity contribution >= 4 is 11.9 Å². The molecule has 5 heteroatoms. The van der Waals surface area contributed by atoms with Crippen LogP contribution in [-0.4, -0.2) is 29.6 Å². The Balaban J connectivity index is 4.22. The predicted octanol–water partition coefficient (Wildman–Crippen LogP) is 1.61. The van der Waals surface area contributed by atoms with Crippen molar-refractivity contribution in [3.8, 4) is 0 Å². The quantitative estimate of drug-likeness (QED) is 0.594. The zero-order chi connectivity index (χ0) is 15.0. The summed E-state index contributed by atoms with van der Waals surface area (Å²) in [5, 5.41) is 11.6. The second-order valence-corrected chi connectivity index (χ2v) is 6.07. The normalized spacial score (nSPS) is 14.5. The Kier molecular flexibility index (Phi) is 8.39. The average Bonchev–Trinajstić information content (AvgIpc) is 2.22. The number of rotatable bonds is 9. The van der Waals surface area contributed by atoms with Crippen LogP contribution >= 0.6 is 0 Å². The number of amides is 1. The Morgan fingerprint density at radius 2 is 1.63 bits per heavy atom. The summed E-state index contributed by atoms with van der Waals surface area (Å²) in [4.78, 5) is 22.5. The standard InChI is InChI=1S/C14H28N2O3/c1-9(2)5-11(7-13(17)18)8-16-14(19)12(15)6-10(3)4/h9-12H,5-8,15H2,1-4H3,(H,16,19)(H,17,18)/t11?,12-/m0/s1. The zero-order valence-electron chi connectivity index (χ0n) is 12.5. The lowest BCUT2D eigenvalue weighted by atomic mass is 9.94. The maximum atomic E-state index is 11.8. The third-order valence-electron chi connectivity index (χ3n) is 2.90. The highest BCUT2D eigenvalue weighted by Gasteiger charge is 2.19. The topological polar surface area (TPSA) is 92.4 Å². The van der Waals surface area contributed by atoms with E-state index in [1.165, 1.54) is 0 Å². The molecule has 0 aliphatic heterocycles. The van der Waals surface area contributed by atoms with Crippen molar-refractivity contribution in [2.24, 2.45) is 23.5 Å². The van der Waals surface area contributed by atoms with Gasteiger partial charge in [0.25, 0.3) is 0 Å². The molecule has 0 aliphatic rings. The van der Waals surface area contributed by atoms with E-state index in [1.54, 1.807) is 0 Å². The minimum absolute atomic E-state index is 0.0345. The summed E-state index contributed by atoms with van der Waals surface area (Å²) in [6.07, 6.45) is 1.50. The third kappa shape index (κ3) is 9.47. The lowest BCUT2D eigenvalue weighted by Crippen LogP contribution is -2.43. The number of nitrogens with two attached hydrogens (primary N) is 1. The van der Waals surface area contributed by atoms with Gasteiger partial charge in [-0.1, -0.05) is 27.7 Å². The Bertz CT molecular complexity index is 290. The first-order chi connectivity index (χ1) is 8.72. The molecule has 0 aromatic heterocycles. The van der Waals surface area contributed by atoms with Gasteiger partial charge in [0, 0.05) is 13.0 Å². The summed E-state index contributed by atoms with van der Waals surface area (Å²) in [6, 6.07) is -0.510. The molecule has 0 saturated carbocycles. The van der Waals surface area contributed by atoms with Crippen LogP contribution in [0.2, 0.25) is 0 Å². The Labute approximate surface area is 115 Å². The Morgan fingerprint density at radius 1 is 1.11 bits per heavy atom. The summed E-state index contributed by atoms with van der Waals surface area (Å²) in [7, 11) is 0. The molecule has 1 amide bonds. The molecule has 112 valence electrons. The second kappa shape index (κ2) is 8.91. The summed E-state index contributed by atoms with van der Waals surface area (Å²) in [6.45, 7) is 8.50. The lowest BCUT2D eigenvalue weighted by Gasteiger charge is -2.20. The molecule has 1 unspecified atom stereocenters. The van der Waals surface area contributed by atoms with Gasteiger partial charge < -0.3 is 16.2 Å². The summed E-state index contributed by atoms with van der Waals surface area (Å²) in [5.41, 5.74) is 5.78. The first kappa shape index (κ1) is 17.9. The predicted molar refractivity (Wildman–Crippen MR) is 75.6 cm³/mol. The van der Waals surface area contributed by atoms with Gasteiger partial charge in [-0.15, -0.1) is 0 Å². The van der Waals surface area contributed by atoms with Crippen molar-refractivity contribution in [3.05, 3.63) is 0 Å². The zero-order valence-corrected chi connectivity index (χ0v) is 12.5. The number of hydrogen-bond donors (Lipinski definition) is 3. The molecule has 19 heavy (non-hydrogen) atoms. The van der Waals surface area contributed by atoms with Crippen LogP contribution in [0.4, 0.5) is 0 Å². The van der Waals surface area contributed by atoms with Gasteiger partial charge >= 0.3 is 5.97 Å². The van der Waals surface area contributed by atoms with E-state index in [0.717, 1.165) is 6.42 Å². The molecule has 0 radical (unpaired) electrons. The van der Waals surface area contributed by atoms with E-state index >= 15 is 0 Å². The van der Waals surface area contributed by atoms with E-state index in [4.69, 9.17) is 10.8 Å². The molecule has 0 saturated heterocycles. The van der Waals surface area contributed by atoms with E-state index in [-0.39, 0.29) is 18.2 Å². The van der Waals surface area contributed by atoms with Gasteiger partial charge in [-0.3, -0.25) is 9.59 Å². The van der Waals surface area contributed by atoms with Crippen LogP contribution < -0.4 is 11.1 Å². The highest BCUT2D eigenvalue weighted by molar-refractivity contribution is 5.81. The van der Waals surface area contributed by atoms with Gasteiger partial charge in [-0.05, 0) is 30.6 Å². The fourth-order valence-electron chi connectivity index (χ4n) is 2.14. The number of hydrogen-bond acceptors (Lipinski definition) is 3. The molecule has 2 atom stereocenters.